The SMILES string of the molecule is SC1=CCCN=C1. The minimum atomic E-state index is 0.935. The van der Waals surface area contributed by atoms with Gasteiger partial charge >= 0.3 is 0 Å². The van der Waals surface area contributed by atoms with Crippen LogP contribution in [0.1, 0.15) is 6.42 Å². The third-order valence-corrected chi connectivity index (χ3v) is 1.13. The lowest BCUT2D eigenvalue weighted by atomic mass is 10.3. The van der Waals surface area contributed by atoms with E-state index in [0.29, 0.717) is 0 Å². The smallest absolute Gasteiger partial charge is 0.0424 e. The fourth-order valence-corrected chi connectivity index (χ4v) is 0.709. The molecule has 1 rings (SSSR count). The molecule has 0 aromatic heterocycles. The fourth-order valence-electron chi connectivity index (χ4n) is 0.498. The molecule has 0 saturated carbocycles. The summed E-state index contributed by atoms with van der Waals surface area (Å²) in [6, 6.07) is 0. The van der Waals surface area contributed by atoms with Gasteiger partial charge in [0.05, 0.1) is 0 Å². The standard InChI is InChI=1S/C5H7NS/c7-5-2-1-3-6-4-5/h2,4,7H,1,3H2. The Kier molecular flexibility index (Phi) is 1.52. The Bertz CT molecular complexity index is 115. The van der Waals surface area contributed by atoms with Crippen LogP contribution in [0.3, 0.4) is 0 Å². The lowest BCUT2D eigenvalue weighted by Gasteiger charge is -1.95. The molecule has 0 radical (unpaired) electrons. The molecular formula is C5H7NS. The van der Waals surface area contributed by atoms with E-state index in [9.17, 15) is 0 Å². The lowest BCUT2D eigenvalue weighted by molar-refractivity contribution is 1.000. The third kappa shape index (κ3) is 1.35. The monoisotopic (exact) mass is 113 g/mol. The average molecular weight is 113 g/mol. The highest BCUT2D eigenvalue weighted by Crippen LogP contribution is 2.02. The van der Waals surface area contributed by atoms with Crippen LogP contribution in [0.25, 0.3) is 0 Å². The van der Waals surface area contributed by atoms with Gasteiger partial charge in [-0.2, -0.15) is 0 Å². The van der Waals surface area contributed by atoms with Crippen LogP contribution in [0.5, 0.6) is 0 Å². The Morgan fingerprint density at radius 3 is 2.86 bits per heavy atom. The zero-order chi connectivity index (χ0) is 5.11. The Hall–Kier alpha value is -0.240. The predicted octanol–water partition coefficient (Wildman–Crippen LogP) is 1.27. The largest absolute Gasteiger partial charge is 0.292 e. The molecule has 0 aliphatic carbocycles. The average Bonchev–Trinajstić information content (AvgIpc) is 1.69. The number of thiol groups is 1. The molecule has 1 nitrogen and oxygen atoms in total. The first-order valence-electron chi connectivity index (χ1n) is 2.28. The molecule has 0 saturated heterocycles. The maximum absolute atomic E-state index is 4.07. The van der Waals surface area contributed by atoms with Crippen molar-refractivity contribution in [2.75, 3.05) is 6.54 Å². The summed E-state index contributed by atoms with van der Waals surface area (Å²) in [5.41, 5.74) is 0. The summed E-state index contributed by atoms with van der Waals surface area (Å²) >= 11 is 4.07. The molecule has 0 bridgehead atoms. The first kappa shape index (κ1) is 4.91. The molecule has 0 aromatic rings. The van der Waals surface area contributed by atoms with Gasteiger partial charge in [0.2, 0.25) is 0 Å². The predicted molar refractivity (Wildman–Crippen MR) is 35.0 cm³/mol. The van der Waals surface area contributed by atoms with Gasteiger partial charge in [0.15, 0.2) is 0 Å². The molecule has 0 atom stereocenters. The van der Waals surface area contributed by atoms with Crippen molar-refractivity contribution in [1.29, 1.82) is 0 Å². The Balaban J connectivity index is 2.58. The van der Waals surface area contributed by atoms with E-state index in [2.05, 4.69) is 23.7 Å². The number of allylic oxidation sites excluding steroid dienone is 1. The summed E-state index contributed by atoms with van der Waals surface area (Å²) in [7, 11) is 0. The minimum Gasteiger partial charge on any atom is -0.292 e. The van der Waals surface area contributed by atoms with Gasteiger partial charge in [0.1, 0.15) is 0 Å². The third-order valence-electron chi connectivity index (χ3n) is 0.835. The van der Waals surface area contributed by atoms with E-state index < -0.39 is 0 Å². The minimum absolute atomic E-state index is 0.935. The maximum Gasteiger partial charge on any atom is 0.0424 e. The van der Waals surface area contributed by atoms with E-state index in [1.54, 1.807) is 6.21 Å². The van der Waals surface area contributed by atoms with Gasteiger partial charge in [-0.05, 0) is 6.42 Å². The van der Waals surface area contributed by atoms with Crippen LogP contribution in [0.2, 0.25) is 0 Å². The molecule has 1 aliphatic heterocycles. The number of hydrogen-bond acceptors (Lipinski definition) is 2. The Morgan fingerprint density at radius 2 is 2.57 bits per heavy atom. The molecule has 1 aliphatic rings. The van der Waals surface area contributed by atoms with Gasteiger partial charge in [-0.3, -0.25) is 4.99 Å². The molecule has 0 N–H and O–H groups in total. The Morgan fingerprint density at radius 1 is 1.71 bits per heavy atom. The van der Waals surface area contributed by atoms with Gasteiger partial charge in [0.25, 0.3) is 0 Å². The second kappa shape index (κ2) is 2.17. The van der Waals surface area contributed by atoms with E-state index in [1.165, 1.54) is 0 Å². The normalized spacial score (nSPS) is 19.3. The van der Waals surface area contributed by atoms with Crippen molar-refractivity contribution in [3.63, 3.8) is 0 Å². The summed E-state index contributed by atoms with van der Waals surface area (Å²) in [6.07, 6.45) is 4.90. The highest BCUT2D eigenvalue weighted by Gasteiger charge is 1.88. The highest BCUT2D eigenvalue weighted by atomic mass is 32.1. The molecule has 0 aromatic carbocycles. The summed E-state index contributed by atoms with van der Waals surface area (Å²) in [6.45, 7) is 0.935. The first-order chi connectivity index (χ1) is 3.39. The number of hydrogen-bond donors (Lipinski definition) is 1. The van der Waals surface area contributed by atoms with Crippen molar-refractivity contribution in [3.05, 3.63) is 11.0 Å². The van der Waals surface area contributed by atoms with Crippen molar-refractivity contribution >= 4 is 18.8 Å². The van der Waals surface area contributed by atoms with E-state index in [0.717, 1.165) is 17.9 Å². The second-order valence-electron chi connectivity index (χ2n) is 1.45. The van der Waals surface area contributed by atoms with Crippen LogP contribution in [0, 0.1) is 0 Å². The molecule has 0 amide bonds. The van der Waals surface area contributed by atoms with Crippen LogP contribution in [-0.2, 0) is 0 Å². The molecule has 7 heavy (non-hydrogen) atoms. The molecule has 1 heterocycles. The van der Waals surface area contributed by atoms with Gasteiger partial charge in [-0.1, -0.05) is 6.08 Å². The second-order valence-corrected chi connectivity index (χ2v) is 1.97. The number of aliphatic imine (C=N–C) groups is 1. The molecular weight excluding hydrogens is 106 g/mol. The van der Waals surface area contributed by atoms with Gasteiger partial charge < -0.3 is 0 Å². The van der Waals surface area contributed by atoms with Crippen LogP contribution in [-0.4, -0.2) is 12.8 Å². The van der Waals surface area contributed by atoms with Gasteiger partial charge in [-0.25, -0.2) is 0 Å². The summed E-state index contributed by atoms with van der Waals surface area (Å²) in [5, 5.41) is 0. The van der Waals surface area contributed by atoms with Crippen molar-refractivity contribution in [3.8, 4) is 0 Å². The van der Waals surface area contributed by atoms with Gasteiger partial charge in [0, 0.05) is 17.7 Å². The maximum atomic E-state index is 4.07. The molecule has 38 valence electrons. The summed E-state index contributed by atoms with van der Waals surface area (Å²) in [4.78, 5) is 4.98. The van der Waals surface area contributed by atoms with E-state index >= 15 is 0 Å². The zero-order valence-electron chi connectivity index (χ0n) is 3.96. The molecule has 2 heteroatoms. The molecule has 0 fully saturated rings. The first-order valence-corrected chi connectivity index (χ1v) is 2.73. The van der Waals surface area contributed by atoms with Crippen LogP contribution < -0.4 is 0 Å². The van der Waals surface area contributed by atoms with Crippen molar-refractivity contribution < 1.29 is 0 Å². The molecule has 0 spiro atoms. The van der Waals surface area contributed by atoms with Crippen molar-refractivity contribution in [1.82, 2.24) is 0 Å². The van der Waals surface area contributed by atoms with Crippen molar-refractivity contribution in [2.45, 2.75) is 6.42 Å². The van der Waals surface area contributed by atoms with Crippen LogP contribution >= 0.6 is 12.6 Å². The Labute approximate surface area is 48.6 Å². The highest BCUT2D eigenvalue weighted by molar-refractivity contribution is 7.85. The number of nitrogens with zero attached hydrogens (tertiary/aromatic N) is 1. The fraction of sp³-hybridized carbons (Fsp3) is 0.400. The summed E-state index contributed by atoms with van der Waals surface area (Å²) in [5.74, 6) is 0. The van der Waals surface area contributed by atoms with Crippen LogP contribution in [0.4, 0.5) is 0 Å². The topological polar surface area (TPSA) is 12.4 Å². The van der Waals surface area contributed by atoms with E-state index in [1.807, 2.05) is 0 Å². The number of rotatable bonds is 0. The van der Waals surface area contributed by atoms with Crippen molar-refractivity contribution in [2.24, 2.45) is 4.99 Å². The van der Waals surface area contributed by atoms with Crippen LogP contribution in [0.15, 0.2) is 16.0 Å². The number of dihydropyridines is 1. The molecule has 0 unspecified atom stereocenters. The van der Waals surface area contributed by atoms with Gasteiger partial charge in [-0.15, -0.1) is 12.6 Å². The zero-order valence-corrected chi connectivity index (χ0v) is 4.86. The van der Waals surface area contributed by atoms with E-state index in [4.69, 9.17) is 0 Å². The lowest BCUT2D eigenvalue weighted by Crippen LogP contribution is -1.87. The quantitative estimate of drug-likeness (QED) is 0.454. The summed E-state index contributed by atoms with van der Waals surface area (Å²) < 4.78 is 0. The van der Waals surface area contributed by atoms with E-state index in [-0.39, 0.29) is 0 Å².